The summed E-state index contributed by atoms with van der Waals surface area (Å²) in [5.74, 6) is -0.971. The monoisotopic (exact) mass is 311 g/mol. The Bertz CT molecular complexity index is 695. The molecule has 0 aromatic heterocycles. The first-order valence-corrected chi connectivity index (χ1v) is 6.48. The molecule has 116 valence electrons. The van der Waals surface area contributed by atoms with Crippen molar-refractivity contribution in [2.75, 3.05) is 0 Å². The summed E-state index contributed by atoms with van der Waals surface area (Å²) >= 11 is 0. The molecule has 0 bridgehead atoms. The summed E-state index contributed by atoms with van der Waals surface area (Å²) in [5.41, 5.74) is 0.150. The molecule has 0 aliphatic heterocycles. The van der Waals surface area contributed by atoms with E-state index in [1.54, 1.807) is 13.0 Å². The van der Waals surface area contributed by atoms with E-state index in [9.17, 15) is 22.4 Å². The molecule has 0 aliphatic carbocycles. The van der Waals surface area contributed by atoms with Crippen molar-refractivity contribution < 1.29 is 22.4 Å². The Morgan fingerprint density at radius 1 is 1.14 bits per heavy atom. The molecule has 0 unspecified atom stereocenters. The van der Waals surface area contributed by atoms with Crippen molar-refractivity contribution >= 4 is 5.91 Å². The van der Waals surface area contributed by atoms with Crippen LogP contribution in [0.2, 0.25) is 0 Å². The Hall–Kier alpha value is -2.37. The highest BCUT2D eigenvalue weighted by Crippen LogP contribution is 2.29. The van der Waals surface area contributed by atoms with E-state index in [2.05, 4.69) is 5.32 Å². The summed E-state index contributed by atoms with van der Waals surface area (Å²) in [6.07, 6.45) is -4.50. The summed E-state index contributed by atoms with van der Waals surface area (Å²) in [7, 11) is 0. The molecule has 2 aromatic carbocycles. The molecule has 2 nitrogen and oxygen atoms in total. The fourth-order valence-corrected chi connectivity index (χ4v) is 1.94. The Morgan fingerprint density at radius 2 is 1.86 bits per heavy atom. The lowest BCUT2D eigenvalue weighted by atomic mass is 10.1. The molecule has 2 aromatic rings. The molecule has 0 spiro atoms. The maximum absolute atomic E-state index is 13.1. The van der Waals surface area contributed by atoms with E-state index in [0.717, 1.165) is 12.1 Å². The molecule has 0 saturated carbocycles. The molecule has 1 N–H and O–H groups in total. The number of benzene rings is 2. The minimum absolute atomic E-state index is 0.0753. The van der Waals surface area contributed by atoms with Crippen molar-refractivity contribution in [2.45, 2.75) is 19.6 Å². The summed E-state index contributed by atoms with van der Waals surface area (Å²) < 4.78 is 50.9. The van der Waals surface area contributed by atoms with Gasteiger partial charge in [0.1, 0.15) is 5.82 Å². The molecule has 0 heterocycles. The first-order valence-electron chi connectivity index (χ1n) is 6.48. The minimum Gasteiger partial charge on any atom is -0.348 e. The van der Waals surface area contributed by atoms with Gasteiger partial charge in [-0.1, -0.05) is 18.2 Å². The van der Waals surface area contributed by atoms with Crippen molar-refractivity contribution in [1.29, 1.82) is 0 Å². The topological polar surface area (TPSA) is 29.1 Å². The zero-order valence-corrected chi connectivity index (χ0v) is 11.7. The first-order chi connectivity index (χ1) is 10.3. The molecule has 0 radical (unpaired) electrons. The van der Waals surface area contributed by atoms with Crippen LogP contribution in [0, 0.1) is 12.7 Å². The van der Waals surface area contributed by atoms with E-state index in [1.165, 1.54) is 24.3 Å². The molecular weight excluding hydrogens is 298 g/mol. The summed E-state index contributed by atoms with van der Waals surface area (Å²) in [6.45, 7) is 1.70. The smallest absolute Gasteiger partial charge is 0.348 e. The van der Waals surface area contributed by atoms with E-state index in [4.69, 9.17) is 0 Å². The predicted molar refractivity (Wildman–Crippen MR) is 73.8 cm³/mol. The summed E-state index contributed by atoms with van der Waals surface area (Å²) in [4.78, 5) is 11.9. The predicted octanol–water partition coefficient (Wildman–Crippen LogP) is 4.08. The van der Waals surface area contributed by atoms with Crippen LogP contribution in [0.4, 0.5) is 17.6 Å². The van der Waals surface area contributed by atoms with E-state index in [0.29, 0.717) is 11.1 Å². The molecule has 22 heavy (non-hydrogen) atoms. The van der Waals surface area contributed by atoms with Crippen LogP contribution in [0.5, 0.6) is 0 Å². The third-order valence-corrected chi connectivity index (χ3v) is 3.13. The number of amides is 1. The average Bonchev–Trinajstić information content (AvgIpc) is 2.47. The Morgan fingerprint density at radius 3 is 2.50 bits per heavy atom. The summed E-state index contributed by atoms with van der Waals surface area (Å²) in [5, 5.41) is 2.51. The van der Waals surface area contributed by atoms with Gasteiger partial charge in [-0.15, -0.1) is 0 Å². The fraction of sp³-hybridized carbons (Fsp3) is 0.188. The second-order valence-electron chi connectivity index (χ2n) is 4.84. The third-order valence-electron chi connectivity index (χ3n) is 3.13. The number of aryl methyl sites for hydroxylation is 1. The number of alkyl halides is 3. The normalized spacial score (nSPS) is 11.3. The molecular formula is C16H13F4NO. The van der Waals surface area contributed by atoms with Gasteiger partial charge in [0, 0.05) is 12.1 Å². The summed E-state index contributed by atoms with van der Waals surface area (Å²) in [6, 6.07) is 8.54. The van der Waals surface area contributed by atoms with Crippen molar-refractivity contribution in [3.8, 4) is 0 Å². The van der Waals surface area contributed by atoms with Crippen LogP contribution >= 0.6 is 0 Å². The molecule has 0 atom stereocenters. The Kier molecular flexibility index (Phi) is 4.49. The lowest BCUT2D eigenvalue weighted by Crippen LogP contribution is -2.23. The fourth-order valence-electron chi connectivity index (χ4n) is 1.94. The molecule has 6 heteroatoms. The van der Waals surface area contributed by atoms with Crippen molar-refractivity contribution in [3.63, 3.8) is 0 Å². The lowest BCUT2D eigenvalue weighted by Gasteiger charge is -2.10. The third kappa shape index (κ3) is 3.84. The molecule has 1 amide bonds. The molecule has 0 aliphatic rings. The van der Waals surface area contributed by atoms with Crippen LogP contribution in [0.15, 0.2) is 42.5 Å². The quantitative estimate of drug-likeness (QED) is 0.850. The van der Waals surface area contributed by atoms with Gasteiger partial charge in [0.2, 0.25) is 0 Å². The maximum Gasteiger partial charge on any atom is 0.416 e. The van der Waals surface area contributed by atoms with Gasteiger partial charge in [-0.25, -0.2) is 4.39 Å². The highest BCUT2D eigenvalue weighted by molar-refractivity contribution is 5.94. The van der Waals surface area contributed by atoms with Crippen molar-refractivity contribution in [1.82, 2.24) is 5.32 Å². The number of rotatable bonds is 3. The second kappa shape index (κ2) is 6.17. The number of hydrogen-bond donors (Lipinski definition) is 1. The van der Waals surface area contributed by atoms with Crippen LogP contribution in [0.25, 0.3) is 0 Å². The minimum atomic E-state index is -4.50. The SMILES string of the molecule is Cc1cc(CNC(=O)c2cccc(C(F)(F)F)c2)ccc1F. The highest BCUT2D eigenvalue weighted by atomic mass is 19.4. The van der Waals surface area contributed by atoms with E-state index >= 15 is 0 Å². The van der Waals surface area contributed by atoms with Gasteiger partial charge in [0.15, 0.2) is 0 Å². The number of hydrogen-bond acceptors (Lipinski definition) is 1. The molecule has 2 rings (SSSR count). The van der Waals surface area contributed by atoms with Gasteiger partial charge >= 0.3 is 6.18 Å². The largest absolute Gasteiger partial charge is 0.416 e. The number of carbonyl (C=O) groups is 1. The van der Waals surface area contributed by atoms with Crippen molar-refractivity contribution in [3.05, 3.63) is 70.5 Å². The van der Waals surface area contributed by atoms with Crippen molar-refractivity contribution in [2.24, 2.45) is 0 Å². The van der Waals surface area contributed by atoms with Crippen LogP contribution in [0.1, 0.15) is 27.0 Å². The lowest BCUT2D eigenvalue weighted by molar-refractivity contribution is -0.137. The number of carbonyl (C=O) groups excluding carboxylic acids is 1. The number of halogens is 4. The van der Waals surface area contributed by atoms with Gasteiger partial charge in [0.05, 0.1) is 5.56 Å². The van der Waals surface area contributed by atoms with Crippen LogP contribution in [-0.2, 0) is 12.7 Å². The van der Waals surface area contributed by atoms with Crippen LogP contribution in [0.3, 0.4) is 0 Å². The maximum atomic E-state index is 13.1. The Labute approximate surface area is 124 Å². The molecule has 0 fully saturated rings. The van der Waals surface area contributed by atoms with Gasteiger partial charge in [0.25, 0.3) is 5.91 Å². The molecule has 0 saturated heterocycles. The van der Waals surface area contributed by atoms with Gasteiger partial charge < -0.3 is 5.32 Å². The second-order valence-corrected chi connectivity index (χ2v) is 4.84. The van der Waals surface area contributed by atoms with Crippen LogP contribution in [-0.4, -0.2) is 5.91 Å². The van der Waals surface area contributed by atoms with E-state index in [1.807, 2.05) is 0 Å². The zero-order chi connectivity index (χ0) is 16.3. The standard InChI is InChI=1S/C16H13F4NO/c1-10-7-11(5-6-14(10)17)9-21-15(22)12-3-2-4-13(8-12)16(18,19)20/h2-8H,9H2,1H3,(H,21,22). The van der Waals surface area contributed by atoms with E-state index in [-0.39, 0.29) is 17.9 Å². The zero-order valence-electron chi connectivity index (χ0n) is 11.7. The first kappa shape index (κ1) is 16.0. The van der Waals surface area contributed by atoms with Gasteiger partial charge in [-0.05, 0) is 42.3 Å². The van der Waals surface area contributed by atoms with Crippen LogP contribution < -0.4 is 5.32 Å². The van der Waals surface area contributed by atoms with Gasteiger partial charge in [-0.3, -0.25) is 4.79 Å². The highest BCUT2D eigenvalue weighted by Gasteiger charge is 2.30. The van der Waals surface area contributed by atoms with E-state index < -0.39 is 17.6 Å². The average molecular weight is 311 g/mol. The Balaban J connectivity index is 2.08. The van der Waals surface area contributed by atoms with Gasteiger partial charge in [-0.2, -0.15) is 13.2 Å². The number of nitrogens with one attached hydrogen (secondary N) is 1.